The normalized spacial score (nSPS) is 20.5. The van der Waals surface area contributed by atoms with Crippen molar-refractivity contribution in [3.05, 3.63) is 60.7 Å². The van der Waals surface area contributed by atoms with Gasteiger partial charge in [-0.15, -0.1) is 0 Å². The van der Waals surface area contributed by atoms with E-state index in [-0.39, 0.29) is 0 Å². The zero-order chi connectivity index (χ0) is 35.3. The quantitative estimate of drug-likeness (QED) is 0.114. The van der Waals surface area contributed by atoms with Crippen LogP contribution in [0.15, 0.2) is 70.6 Å². The lowest BCUT2D eigenvalue weighted by molar-refractivity contribution is 0.168. The average Bonchev–Trinajstić information content (AvgIpc) is 3.17. The van der Waals surface area contributed by atoms with Crippen LogP contribution in [0.25, 0.3) is 43.1 Å². The van der Waals surface area contributed by atoms with Gasteiger partial charge in [0.25, 0.3) is 0 Å². The summed E-state index contributed by atoms with van der Waals surface area (Å²) < 4.78 is 0. The number of benzene rings is 5. The SMILES string of the molecule is CN1CCN(C(=Nc2ccc3c4cccc5cccc(c6ccc(N=C(N7CCN(C)CC7)N7CCN(C)CC7)c2c36)c54)N2CCN(C)CC2)CC1. The molecule has 4 saturated heterocycles. The van der Waals surface area contributed by atoms with Gasteiger partial charge in [0, 0.05) is 115 Å². The number of fused-ring (bicyclic) bond motifs is 2. The minimum atomic E-state index is 0.986. The number of guanidine groups is 2. The fourth-order valence-electron chi connectivity index (χ4n) is 8.81. The Morgan fingerprint density at radius 3 is 1.04 bits per heavy atom. The van der Waals surface area contributed by atoms with Crippen molar-refractivity contribution in [1.29, 1.82) is 0 Å². The maximum absolute atomic E-state index is 5.76. The highest BCUT2D eigenvalue weighted by molar-refractivity contribution is 6.35. The standard InChI is InChI=1S/C42H54N10/c1-45-15-23-49(24-16-45)41(50-25-17-46(2)18-26-50)43-36-13-11-34-32-9-5-7-31-8-6-10-33(38(31)32)35-12-14-37(40(36)39(34)35)44-42(51-27-19-47(3)20-28-51)52-29-21-48(4)22-30-52/h5-14H,15-30H2,1-4H3. The fourth-order valence-corrected chi connectivity index (χ4v) is 8.81. The van der Waals surface area contributed by atoms with Crippen LogP contribution in [0.3, 0.4) is 0 Å². The summed E-state index contributed by atoms with van der Waals surface area (Å²) in [6, 6.07) is 22.8. The zero-order valence-electron chi connectivity index (χ0n) is 31.6. The monoisotopic (exact) mass is 698 g/mol. The predicted molar refractivity (Wildman–Crippen MR) is 218 cm³/mol. The summed E-state index contributed by atoms with van der Waals surface area (Å²) in [5, 5.41) is 10.3. The molecule has 0 aliphatic carbocycles. The topological polar surface area (TPSA) is 50.6 Å². The molecular weight excluding hydrogens is 645 g/mol. The van der Waals surface area contributed by atoms with Crippen molar-refractivity contribution in [2.75, 3.05) is 133 Å². The van der Waals surface area contributed by atoms with Gasteiger partial charge in [-0.05, 0) is 72.6 Å². The Bertz CT molecular complexity index is 1920. The molecule has 4 aliphatic rings. The van der Waals surface area contributed by atoms with E-state index in [1.54, 1.807) is 0 Å². The summed E-state index contributed by atoms with van der Waals surface area (Å²) in [7, 11) is 8.93. The first-order valence-electron chi connectivity index (χ1n) is 19.4. The number of aliphatic imine (C=N–C) groups is 2. The van der Waals surface area contributed by atoms with Gasteiger partial charge < -0.3 is 39.2 Å². The molecule has 0 atom stereocenters. The van der Waals surface area contributed by atoms with Crippen LogP contribution in [0, 0.1) is 0 Å². The Labute approximate surface area is 308 Å². The van der Waals surface area contributed by atoms with Gasteiger partial charge in [-0.25, -0.2) is 9.98 Å². The molecule has 0 radical (unpaired) electrons. The van der Waals surface area contributed by atoms with Crippen LogP contribution >= 0.6 is 0 Å². The second kappa shape index (κ2) is 14.0. The third kappa shape index (κ3) is 6.19. The van der Waals surface area contributed by atoms with Crippen LogP contribution in [0.4, 0.5) is 11.4 Å². The number of hydrogen-bond donors (Lipinski definition) is 0. The van der Waals surface area contributed by atoms with E-state index < -0.39 is 0 Å². The lowest BCUT2D eigenvalue weighted by Crippen LogP contribution is -2.56. The molecule has 0 unspecified atom stereocenters. The molecule has 0 N–H and O–H groups in total. The molecule has 0 saturated carbocycles. The fraction of sp³-hybridized carbons (Fsp3) is 0.476. The number of piperazine rings is 4. The maximum atomic E-state index is 5.76. The molecule has 52 heavy (non-hydrogen) atoms. The Balaban J connectivity index is 1.29. The number of rotatable bonds is 2. The maximum Gasteiger partial charge on any atom is 0.202 e. The first-order valence-corrected chi connectivity index (χ1v) is 19.4. The first-order chi connectivity index (χ1) is 25.4. The van der Waals surface area contributed by atoms with Crippen molar-refractivity contribution in [1.82, 2.24) is 39.2 Å². The van der Waals surface area contributed by atoms with Crippen molar-refractivity contribution in [3.8, 4) is 0 Å². The molecule has 5 aromatic rings. The summed E-state index contributed by atoms with van der Waals surface area (Å²) in [6.45, 7) is 16.3. The van der Waals surface area contributed by atoms with Gasteiger partial charge in [-0.1, -0.05) is 48.5 Å². The predicted octanol–water partition coefficient (Wildman–Crippen LogP) is 4.70. The van der Waals surface area contributed by atoms with Gasteiger partial charge >= 0.3 is 0 Å². The van der Waals surface area contributed by atoms with Gasteiger partial charge in [0.05, 0.1) is 11.4 Å². The summed E-state index contributed by atoms with van der Waals surface area (Å²) >= 11 is 0. The third-order valence-electron chi connectivity index (χ3n) is 12.2. The zero-order valence-corrected chi connectivity index (χ0v) is 31.6. The molecule has 10 heteroatoms. The van der Waals surface area contributed by atoms with Crippen molar-refractivity contribution < 1.29 is 0 Å². The molecule has 4 aliphatic heterocycles. The van der Waals surface area contributed by atoms with E-state index in [2.05, 4.69) is 128 Å². The summed E-state index contributed by atoms with van der Waals surface area (Å²) in [5.41, 5.74) is 2.05. The highest BCUT2D eigenvalue weighted by atomic mass is 15.4. The Morgan fingerprint density at radius 2 is 0.692 bits per heavy atom. The largest absolute Gasteiger partial charge is 0.340 e. The minimum absolute atomic E-state index is 0.986. The molecule has 10 nitrogen and oxygen atoms in total. The van der Waals surface area contributed by atoms with E-state index in [4.69, 9.17) is 9.98 Å². The Kier molecular flexibility index (Phi) is 9.03. The van der Waals surface area contributed by atoms with E-state index in [0.717, 1.165) is 128 Å². The lowest BCUT2D eigenvalue weighted by Gasteiger charge is -2.42. The van der Waals surface area contributed by atoms with Crippen molar-refractivity contribution in [3.63, 3.8) is 0 Å². The molecule has 0 aromatic heterocycles. The van der Waals surface area contributed by atoms with Crippen molar-refractivity contribution in [2.45, 2.75) is 0 Å². The number of likely N-dealkylation sites (N-methyl/N-ethyl adjacent to an activating group) is 4. The number of hydrogen-bond acceptors (Lipinski definition) is 6. The molecular formula is C42H54N10. The average molecular weight is 699 g/mol. The molecule has 0 amide bonds. The van der Waals surface area contributed by atoms with Crippen LogP contribution in [0.1, 0.15) is 0 Å². The third-order valence-corrected chi connectivity index (χ3v) is 12.2. The van der Waals surface area contributed by atoms with Crippen molar-refractivity contribution in [2.24, 2.45) is 9.98 Å². The van der Waals surface area contributed by atoms with Crippen LogP contribution < -0.4 is 0 Å². The van der Waals surface area contributed by atoms with Crippen LogP contribution in [0.5, 0.6) is 0 Å². The van der Waals surface area contributed by atoms with Crippen molar-refractivity contribution >= 4 is 66.4 Å². The Hall–Kier alpha value is -4.22. The number of nitrogens with zero attached hydrogens (tertiary/aromatic N) is 10. The van der Waals surface area contributed by atoms with Crippen LogP contribution in [-0.2, 0) is 0 Å². The second-order valence-corrected chi connectivity index (χ2v) is 15.7. The second-order valence-electron chi connectivity index (χ2n) is 15.7. The first kappa shape index (κ1) is 33.6. The van der Waals surface area contributed by atoms with Crippen LogP contribution in [-0.4, -0.2) is 184 Å². The molecule has 272 valence electrons. The van der Waals surface area contributed by atoms with E-state index in [1.807, 2.05) is 0 Å². The van der Waals surface area contributed by atoms with Crippen LogP contribution in [0.2, 0.25) is 0 Å². The molecule has 4 fully saturated rings. The Morgan fingerprint density at radius 1 is 0.365 bits per heavy atom. The van der Waals surface area contributed by atoms with E-state index in [1.165, 1.54) is 43.1 Å². The summed E-state index contributed by atoms with van der Waals surface area (Å²) in [4.78, 5) is 31.4. The van der Waals surface area contributed by atoms with E-state index in [9.17, 15) is 0 Å². The minimum Gasteiger partial charge on any atom is -0.340 e. The van der Waals surface area contributed by atoms with Gasteiger partial charge in [0.15, 0.2) is 0 Å². The molecule has 4 heterocycles. The summed E-state index contributed by atoms with van der Waals surface area (Å²) in [6.07, 6.45) is 0. The highest BCUT2D eigenvalue weighted by Gasteiger charge is 2.28. The molecule has 5 aromatic carbocycles. The van der Waals surface area contributed by atoms with Gasteiger partial charge in [0.1, 0.15) is 0 Å². The van der Waals surface area contributed by atoms with Gasteiger partial charge in [0.2, 0.25) is 11.9 Å². The van der Waals surface area contributed by atoms with E-state index in [0.29, 0.717) is 0 Å². The highest BCUT2D eigenvalue weighted by Crippen LogP contribution is 2.46. The molecule has 0 bridgehead atoms. The molecule has 9 rings (SSSR count). The van der Waals surface area contributed by atoms with Gasteiger partial charge in [-0.2, -0.15) is 0 Å². The molecule has 0 spiro atoms. The van der Waals surface area contributed by atoms with E-state index >= 15 is 0 Å². The smallest absolute Gasteiger partial charge is 0.202 e. The lowest BCUT2D eigenvalue weighted by atomic mass is 9.89. The van der Waals surface area contributed by atoms with Gasteiger partial charge in [-0.3, -0.25) is 0 Å². The summed E-state index contributed by atoms with van der Waals surface area (Å²) in [5.74, 6) is 2.24.